The minimum Gasteiger partial charge on any atom is -0.368 e. The van der Waals surface area contributed by atoms with Crippen molar-refractivity contribution >= 4 is 5.91 Å². The van der Waals surface area contributed by atoms with Gasteiger partial charge < -0.3 is 14.6 Å². The number of nitrogens with one attached hydrogen (secondary N) is 1. The van der Waals surface area contributed by atoms with E-state index in [-0.39, 0.29) is 12.0 Å². The number of amides is 1. The number of carbonyl (C=O) groups is 1. The summed E-state index contributed by atoms with van der Waals surface area (Å²) in [6, 6.07) is 1.88. The number of nitrogens with zero attached hydrogens (tertiary/aromatic N) is 4. The highest BCUT2D eigenvalue weighted by Crippen LogP contribution is 2.26. The van der Waals surface area contributed by atoms with Crippen LogP contribution in [0.25, 0.3) is 0 Å². The molecule has 0 saturated carbocycles. The highest BCUT2D eigenvalue weighted by molar-refractivity contribution is 5.92. The topological polar surface area (TPSA) is 95.1 Å². The SMILES string of the molecule is CCn1nc(CC(C)C)cc1C(=O)NCCc1noc(C2CCCO2)n1. The van der Waals surface area contributed by atoms with E-state index in [0.717, 1.165) is 31.6 Å². The van der Waals surface area contributed by atoms with Crippen LogP contribution in [-0.4, -0.2) is 39.0 Å². The summed E-state index contributed by atoms with van der Waals surface area (Å²) >= 11 is 0. The smallest absolute Gasteiger partial charge is 0.269 e. The van der Waals surface area contributed by atoms with Crippen LogP contribution in [0.2, 0.25) is 0 Å². The average molecular weight is 361 g/mol. The summed E-state index contributed by atoms with van der Waals surface area (Å²) in [6.45, 7) is 8.10. The molecule has 2 aromatic rings. The molecule has 2 aromatic heterocycles. The molecule has 0 aliphatic carbocycles. The van der Waals surface area contributed by atoms with Gasteiger partial charge in [-0.05, 0) is 38.2 Å². The second kappa shape index (κ2) is 8.44. The Morgan fingerprint density at radius 2 is 2.31 bits per heavy atom. The number of carbonyl (C=O) groups excluding carboxylic acids is 1. The Morgan fingerprint density at radius 1 is 1.46 bits per heavy atom. The summed E-state index contributed by atoms with van der Waals surface area (Å²) in [5, 5.41) is 11.4. The van der Waals surface area contributed by atoms with Gasteiger partial charge in [-0.3, -0.25) is 9.48 Å². The summed E-state index contributed by atoms with van der Waals surface area (Å²) in [4.78, 5) is 16.8. The molecule has 1 amide bonds. The normalized spacial score (nSPS) is 17.2. The standard InChI is InChI=1S/C18H27N5O3/c1-4-23-14(11-13(21-23)10-12(2)3)17(24)19-8-7-16-20-18(26-22-16)15-6-5-9-25-15/h11-12,15H,4-10H2,1-3H3,(H,19,24). The van der Waals surface area contributed by atoms with E-state index in [1.54, 1.807) is 4.68 Å². The predicted molar refractivity (Wildman–Crippen MR) is 94.7 cm³/mol. The van der Waals surface area contributed by atoms with E-state index in [4.69, 9.17) is 9.26 Å². The van der Waals surface area contributed by atoms with Gasteiger partial charge in [0, 0.05) is 26.1 Å². The van der Waals surface area contributed by atoms with Gasteiger partial charge in [-0.15, -0.1) is 0 Å². The molecule has 1 aliphatic heterocycles. The van der Waals surface area contributed by atoms with Crippen LogP contribution in [0.5, 0.6) is 0 Å². The first-order valence-electron chi connectivity index (χ1n) is 9.35. The molecule has 0 bridgehead atoms. The van der Waals surface area contributed by atoms with Crippen molar-refractivity contribution in [3.63, 3.8) is 0 Å². The third-order valence-electron chi connectivity index (χ3n) is 4.30. The Bertz CT molecular complexity index is 731. The molecule has 3 rings (SSSR count). The predicted octanol–water partition coefficient (Wildman–Crippen LogP) is 2.31. The monoisotopic (exact) mass is 361 g/mol. The van der Waals surface area contributed by atoms with Crippen LogP contribution in [0.4, 0.5) is 0 Å². The zero-order valence-electron chi connectivity index (χ0n) is 15.7. The van der Waals surface area contributed by atoms with Crippen molar-refractivity contribution < 1.29 is 14.1 Å². The lowest BCUT2D eigenvalue weighted by atomic mass is 10.1. The minimum absolute atomic E-state index is 0.0795. The lowest BCUT2D eigenvalue weighted by molar-refractivity contribution is 0.0835. The molecule has 142 valence electrons. The first-order chi connectivity index (χ1) is 12.6. The molecule has 8 nitrogen and oxygen atoms in total. The van der Waals surface area contributed by atoms with Crippen LogP contribution in [0.15, 0.2) is 10.6 Å². The van der Waals surface area contributed by atoms with Crippen LogP contribution in [0, 0.1) is 5.92 Å². The maximum Gasteiger partial charge on any atom is 0.269 e. The first kappa shape index (κ1) is 18.6. The van der Waals surface area contributed by atoms with E-state index in [1.807, 2.05) is 13.0 Å². The molecule has 0 spiro atoms. The van der Waals surface area contributed by atoms with Crippen molar-refractivity contribution in [1.82, 2.24) is 25.2 Å². The van der Waals surface area contributed by atoms with E-state index in [2.05, 4.69) is 34.4 Å². The highest BCUT2D eigenvalue weighted by Gasteiger charge is 2.23. The molecule has 1 saturated heterocycles. The molecular weight excluding hydrogens is 334 g/mol. The van der Waals surface area contributed by atoms with Gasteiger partial charge in [-0.2, -0.15) is 10.1 Å². The highest BCUT2D eigenvalue weighted by atomic mass is 16.5. The molecule has 1 unspecified atom stereocenters. The number of aryl methyl sites for hydroxylation is 1. The van der Waals surface area contributed by atoms with E-state index in [1.165, 1.54) is 0 Å². The molecule has 1 N–H and O–H groups in total. The van der Waals surface area contributed by atoms with Crippen molar-refractivity contribution in [3.05, 3.63) is 29.2 Å². The molecule has 1 atom stereocenters. The number of hydrogen-bond donors (Lipinski definition) is 1. The third kappa shape index (κ3) is 4.49. The van der Waals surface area contributed by atoms with Crippen molar-refractivity contribution in [1.29, 1.82) is 0 Å². The zero-order chi connectivity index (χ0) is 18.5. The summed E-state index contributed by atoms with van der Waals surface area (Å²) in [7, 11) is 0. The molecule has 0 radical (unpaired) electrons. The average Bonchev–Trinajstić information content (AvgIpc) is 3.34. The molecule has 3 heterocycles. The molecule has 26 heavy (non-hydrogen) atoms. The lowest BCUT2D eigenvalue weighted by Gasteiger charge is -2.05. The fourth-order valence-electron chi connectivity index (χ4n) is 3.06. The summed E-state index contributed by atoms with van der Waals surface area (Å²) in [6.07, 6.45) is 3.23. The minimum atomic E-state index is -0.128. The molecule has 8 heteroatoms. The van der Waals surface area contributed by atoms with Crippen LogP contribution < -0.4 is 5.32 Å². The van der Waals surface area contributed by atoms with Crippen molar-refractivity contribution in [2.24, 2.45) is 5.92 Å². The maximum atomic E-state index is 12.5. The number of ether oxygens (including phenoxy) is 1. The van der Waals surface area contributed by atoms with Gasteiger partial charge in [-0.1, -0.05) is 19.0 Å². The second-order valence-corrected chi connectivity index (χ2v) is 6.99. The number of hydrogen-bond acceptors (Lipinski definition) is 6. The Hall–Kier alpha value is -2.22. The molecule has 1 fully saturated rings. The van der Waals surface area contributed by atoms with Crippen molar-refractivity contribution in [2.45, 2.75) is 59.1 Å². The summed E-state index contributed by atoms with van der Waals surface area (Å²) in [5.74, 6) is 1.49. The van der Waals surface area contributed by atoms with Crippen LogP contribution in [-0.2, 0) is 24.1 Å². The Labute approximate surface area is 153 Å². The third-order valence-corrected chi connectivity index (χ3v) is 4.30. The van der Waals surface area contributed by atoms with Gasteiger partial charge in [-0.25, -0.2) is 0 Å². The van der Waals surface area contributed by atoms with Gasteiger partial charge in [0.1, 0.15) is 11.8 Å². The Kier molecular flexibility index (Phi) is 6.03. The summed E-state index contributed by atoms with van der Waals surface area (Å²) in [5.41, 5.74) is 1.54. The van der Waals surface area contributed by atoms with Gasteiger partial charge in [0.15, 0.2) is 5.82 Å². The molecular formula is C18H27N5O3. The van der Waals surface area contributed by atoms with Crippen LogP contribution >= 0.6 is 0 Å². The van der Waals surface area contributed by atoms with E-state index < -0.39 is 0 Å². The van der Waals surface area contributed by atoms with E-state index in [9.17, 15) is 4.79 Å². The quantitative estimate of drug-likeness (QED) is 0.775. The zero-order valence-corrected chi connectivity index (χ0v) is 15.7. The van der Waals surface area contributed by atoms with Gasteiger partial charge in [0.05, 0.1) is 5.69 Å². The fraction of sp³-hybridized carbons (Fsp3) is 0.667. The van der Waals surface area contributed by atoms with Crippen molar-refractivity contribution in [3.8, 4) is 0 Å². The largest absolute Gasteiger partial charge is 0.368 e. The Morgan fingerprint density at radius 3 is 3.00 bits per heavy atom. The van der Waals surface area contributed by atoms with Crippen LogP contribution in [0.3, 0.4) is 0 Å². The number of rotatable bonds is 8. The van der Waals surface area contributed by atoms with Crippen molar-refractivity contribution in [2.75, 3.05) is 13.2 Å². The first-order valence-corrected chi connectivity index (χ1v) is 9.35. The maximum absolute atomic E-state index is 12.5. The lowest BCUT2D eigenvalue weighted by Crippen LogP contribution is -2.28. The van der Waals surface area contributed by atoms with Gasteiger partial charge >= 0.3 is 0 Å². The summed E-state index contributed by atoms with van der Waals surface area (Å²) < 4.78 is 12.5. The van der Waals surface area contributed by atoms with E-state index >= 15 is 0 Å². The fourth-order valence-corrected chi connectivity index (χ4v) is 3.06. The number of aromatic nitrogens is 4. The van der Waals surface area contributed by atoms with Crippen LogP contribution in [0.1, 0.15) is 67.6 Å². The van der Waals surface area contributed by atoms with E-state index in [0.29, 0.717) is 42.8 Å². The molecule has 0 aromatic carbocycles. The Balaban J connectivity index is 1.53. The second-order valence-electron chi connectivity index (χ2n) is 6.99. The van der Waals surface area contributed by atoms with Gasteiger partial charge in [0.2, 0.25) is 0 Å². The molecule has 1 aliphatic rings. The van der Waals surface area contributed by atoms with Gasteiger partial charge in [0.25, 0.3) is 11.8 Å².